The van der Waals surface area contributed by atoms with Gasteiger partial charge in [0.25, 0.3) is 17.5 Å². The van der Waals surface area contributed by atoms with Crippen molar-refractivity contribution < 1.29 is 24.0 Å². The summed E-state index contributed by atoms with van der Waals surface area (Å²) in [5, 5.41) is 14.0. The fourth-order valence-electron chi connectivity index (χ4n) is 4.22. The van der Waals surface area contributed by atoms with Crippen LogP contribution in [0.3, 0.4) is 0 Å². The molecule has 184 valence electrons. The van der Waals surface area contributed by atoms with Crippen LogP contribution in [0.25, 0.3) is 17.0 Å². The molecule has 0 atom stereocenters. The van der Waals surface area contributed by atoms with Crippen LogP contribution < -0.4 is 15.0 Å². The van der Waals surface area contributed by atoms with Crippen LogP contribution in [0.5, 0.6) is 5.75 Å². The van der Waals surface area contributed by atoms with Crippen LogP contribution in [0, 0.1) is 10.1 Å². The predicted molar refractivity (Wildman–Crippen MR) is 136 cm³/mol. The summed E-state index contributed by atoms with van der Waals surface area (Å²) in [5.74, 6) is -0.973. The van der Waals surface area contributed by atoms with Crippen molar-refractivity contribution in [3.63, 3.8) is 0 Å². The lowest BCUT2D eigenvalue weighted by atomic mass is 10.1. The van der Waals surface area contributed by atoms with Crippen molar-refractivity contribution in [1.29, 1.82) is 0 Å². The smallest absolute Gasteiger partial charge is 0.335 e. The molecule has 0 bridgehead atoms. The van der Waals surface area contributed by atoms with E-state index in [1.54, 1.807) is 42.6 Å². The Morgan fingerprint density at radius 3 is 2.35 bits per heavy atom. The average Bonchev–Trinajstić information content (AvgIpc) is 3.24. The molecule has 2 heterocycles. The van der Waals surface area contributed by atoms with Gasteiger partial charge in [0.05, 0.1) is 17.7 Å². The van der Waals surface area contributed by atoms with Crippen LogP contribution in [0.15, 0.2) is 84.6 Å². The minimum Gasteiger partial charge on any atom is -0.497 e. The van der Waals surface area contributed by atoms with Gasteiger partial charge in [0.1, 0.15) is 11.3 Å². The summed E-state index contributed by atoms with van der Waals surface area (Å²) in [6.45, 7) is 0.415. The van der Waals surface area contributed by atoms with E-state index in [1.807, 2.05) is 28.8 Å². The third kappa shape index (κ3) is 4.43. The molecule has 1 aromatic heterocycles. The second kappa shape index (κ2) is 9.42. The van der Waals surface area contributed by atoms with E-state index in [1.165, 1.54) is 25.3 Å². The number of benzene rings is 3. The molecule has 1 fully saturated rings. The molecule has 10 heteroatoms. The minimum absolute atomic E-state index is 0.00400. The number of barbiturate groups is 1. The first-order valence-corrected chi connectivity index (χ1v) is 11.2. The zero-order valence-corrected chi connectivity index (χ0v) is 19.6. The first-order valence-electron chi connectivity index (χ1n) is 11.2. The highest BCUT2D eigenvalue weighted by molar-refractivity contribution is 6.39. The molecular formula is C27H20N4O6. The lowest BCUT2D eigenvalue weighted by Crippen LogP contribution is -2.54. The van der Waals surface area contributed by atoms with E-state index in [0.717, 1.165) is 21.4 Å². The van der Waals surface area contributed by atoms with E-state index in [4.69, 9.17) is 4.74 Å². The second-order valence-corrected chi connectivity index (χ2v) is 8.31. The molecule has 1 saturated heterocycles. The molecule has 0 saturated carbocycles. The molecule has 1 N–H and O–H groups in total. The number of nitrogens with zero attached hydrogens (tertiary/aromatic N) is 3. The molecule has 0 spiro atoms. The van der Waals surface area contributed by atoms with Crippen molar-refractivity contribution in [3.8, 4) is 5.75 Å². The largest absolute Gasteiger partial charge is 0.497 e. The number of nitrogens with one attached hydrogen (secondary N) is 1. The number of fused-ring (bicyclic) bond motifs is 1. The van der Waals surface area contributed by atoms with E-state index in [0.29, 0.717) is 23.5 Å². The van der Waals surface area contributed by atoms with E-state index >= 15 is 0 Å². The number of urea groups is 1. The van der Waals surface area contributed by atoms with Crippen LogP contribution >= 0.6 is 0 Å². The molecule has 1 aliphatic heterocycles. The lowest BCUT2D eigenvalue weighted by molar-refractivity contribution is -0.384. The number of carbonyl (C=O) groups is 3. The number of rotatable bonds is 6. The van der Waals surface area contributed by atoms with Crippen LogP contribution in [0.2, 0.25) is 0 Å². The Labute approximate surface area is 210 Å². The van der Waals surface area contributed by atoms with Gasteiger partial charge in [-0.3, -0.25) is 25.0 Å². The molecule has 4 aromatic rings. The number of non-ortho nitro benzene ring substituents is 1. The summed E-state index contributed by atoms with van der Waals surface area (Å²) < 4.78 is 7.06. The molecule has 5 rings (SSSR count). The molecule has 37 heavy (non-hydrogen) atoms. The van der Waals surface area contributed by atoms with Crippen molar-refractivity contribution in [2.75, 3.05) is 12.0 Å². The summed E-state index contributed by atoms with van der Waals surface area (Å²) >= 11 is 0. The highest BCUT2D eigenvalue weighted by Gasteiger charge is 2.37. The topological polar surface area (TPSA) is 124 Å². The quantitative estimate of drug-likeness (QED) is 0.184. The van der Waals surface area contributed by atoms with Gasteiger partial charge < -0.3 is 9.30 Å². The standard InChI is InChI=1S/C27H20N4O6/c1-37-21-12-10-19(11-13-21)30-26(33)23(25(32)28-27(30)34)14-18-16-29(24-5-3-2-4-22(18)24)15-17-6-8-20(9-7-17)31(35)36/h2-14,16H,15H2,1H3,(H,28,32,34)/b23-14-. The molecule has 0 radical (unpaired) electrons. The zero-order chi connectivity index (χ0) is 26.1. The number of nitro benzene ring substituents is 1. The minimum atomic E-state index is -0.835. The summed E-state index contributed by atoms with van der Waals surface area (Å²) in [6.07, 6.45) is 3.27. The van der Waals surface area contributed by atoms with E-state index in [-0.39, 0.29) is 11.3 Å². The molecule has 0 unspecified atom stereocenters. The number of aromatic nitrogens is 1. The number of amides is 4. The van der Waals surface area contributed by atoms with Crippen LogP contribution in [-0.4, -0.2) is 34.4 Å². The number of hydrogen-bond acceptors (Lipinski definition) is 6. The lowest BCUT2D eigenvalue weighted by Gasteiger charge is -2.26. The summed E-state index contributed by atoms with van der Waals surface area (Å²) in [7, 11) is 1.51. The van der Waals surface area contributed by atoms with Gasteiger partial charge in [0, 0.05) is 41.3 Å². The third-order valence-corrected chi connectivity index (χ3v) is 6.05. The first kappa shape index (κ1) is 23.5. The second-order valence-electron chi connectivity index (χ2n) is 8.31. The Morgan fingerprint density at radius 2 is 1.68 bits per heavy atom. The Balaban J connectivity index is 1.52. The van der Waals surface area contributed by atoms with Gasteiger partial charge in [-0.2, -0.15) is 0 Å². The number of para-hydroxylation sites is 1. The van der Waals surface area contributed by atoms with Crippen LogP contribution in [0.1, 0.15) is 11.1 Å². The Morgan fingerprint density at radius 1 is 0.973 bits per heavy atom. The average molecular weight is 496 g/mol. The molecule has 1 aliphatic rings. The van der Waals surface area contributed by atoms with E-state index < -0.39 is 22.8 Å². The summed E-state index contributed by atoms with van der Waals surface area (Å²) in [5.41, 5.74) is 2.41. The number of hydrogen-bond donors (Lipinski definition) is 1. The van der Waals surface area contributed by atoms with Gasteiger partial charge in [0.2, 0.25) is 0 Å². The summed E-state index contributed by atoms with van der Waals surface area (Å²) in [6, 6.07) is 19.2. The fourth-order valence-corrected chi connectivity index (χ4v) is 4.22. The number of ether oxygens (including phenoxy) is 1. The van der Waals surface area contributed by atoms with Crippen molar-refractivity contribution >= 4 is 46.2 Å². The van der Waals surface area contributed by atoms with Gasteiger partial charge in [0.15, 0.2) is 0 Å². The maximum absolute atomic E-state index is 13.3. The van der Waals surface area contributed by atoms with Gasteiger partial charge >= 0.3 is 6.03 Å². The van der Waals surface area contributed by atoms with E-state index in [2.05, 4.69) is 5.32 Å². The summed E-state index contributed by atoms with van der Waals surface area (Å²) in [4.78, 5) is 49.9. The monoisotopic (exact) mass is 496 g/mol. The van der Waals surface area contributed by atoms with Crippen molar-refractivity contribution in [2.24, 2.45) is 0 Å². The maximum Gasteiger partial charge on any atom is 0.335 e. The normalized spacial score (nSPS) is 14.8. The van der Waals surface area contributed by atoms with Gasteiger partial charge in [-0.25, -0.2) is 9.69 Å². The fraction of sp³-hybridized carbons (Fsp3) is 0.0741. The Bertz CT molecular complexity index is 1590. The molecular weight excluding hydrogens is 476 g/mol. The van der Waals surface area contributed by atoms with Crippen molar-refractivity contribution in [1.82, 2.24) is 9.88 Å². The molecule has 3 aromatic carbocycles. The molecule has 0 aliphatic carbocycles. The van der Waals surface area contributed by atoms with Crippen molar-refractivity contribution in [3.05, 3.63) is 106 Å². The molecule has 4 amide bonds. The van der Waals surface area contributed by atoms with Crippen LogP contribution in [0.4, 0.5) is 16.2 Å². The third-order valence-electron chi connectivity index (χ3n) is 6.05. The highest BCUT2D eigenvalue weighted by Crippen LogP contribution is 2.28. The SMILES string of the molecule is COc1ccc(N2C(=O)NC(=O)/C(=C/c3cn(Cc4ccc([N+](=O)[O-])cc4)c4ccccc34)C2=O)cc1. The van der Waals surface area contributed by atoms with Crippen LogP contribution in [-0.2, 0) is 16.1 Å². The van der Waals surface area contributed by atoms with E-state index in [9.17, 15) is 24.5 Å². The van der Waals surface area contributed by atoms with Gasteiger partial charge in [-0.05, 0) is 42.0 Å². The Kier molecular flexibility index (Phi) is 5.98. The van der Waals surface area contributed by atoms with Gasteiger partial charge in [-0.15, -0.1) is 0 Å². The first-order chi connectivity index (χ1) is 17.9. The van der Waals surface area contributed by atoms with Gasteiger partial charge in [-0.1, -0.05) is 30.3 Å². The maximum atomic E-state index is 13.3. The number of imide groups is 2. The number of methoxy groups -OCH3 is 1. The van der Waals surface area contributed by atoms with Crippen molar-refractivity contribution in [2.45, 2.75) is 6.54 Å². The molecule has 10 nitrogen and oxygen atoms in total. The number of nitro groups is 1. The zero-order valence-electron chi connectivity index (χ0n) is 19.6. The Hall–Kier alpha value is -5.25. The highest BCUT2D eigenvalue weighted by atomic mass is 16.6. The number of anilines is 1. The number of carbonyl (C=O) groups excluding carboxylic acids is 3. The predicted octanol–water partition coefficient (Wildman–Crippen LogP) is 4.27.